The molecule has 0 radical (unpaired) electrons. The van der Waals surface area contributed by atoms with Crippen molar-refractivity contribution < 1.29 is 8.78 Å². The van der Waals surface area contributed by atoms with Gasteiger partial charge in [0.05, 0.1) is 0 Å². The lowest BCUT2D eigenvalue weighted by Crippen LogP contribution is -2.41. The average Bonchev–Trinajstić information content (AvgIpc) is 2.36. The van der Waals surface area contributed by atoms with Crippen LogP contribution in [-0.2, 0) is 0 Å². The highest BCUT2D eigenvalue weighted by atomic mass is 32.2. The molecule has 5 heteroatoms. The summed E-state index contributed by atoms with van der Waals surface area (Å²) in [4.78, 5) is 2.39. The van der Waals surface area contributed by atoms with Gasteiger partial charge in [0.1, 0.15) is 11.6 Å². The van der Waals surface area contributed by atoms with Gasteiger partial charge in [-0.2, -0.15) is 11.8 Å². The molecule has 2 rings (SSSR count). The Balaban J connectivity index is 1.91. The lowest BCUT2D eigenvalue weighted by Gasteiger charge is -2.33. The first-order valence-corrected chi connectivity index (χ1v) is 7.75. The highest BCUT2D eigenvalue weighted by Crippen LogP contribution is 2.20. The third-order valence-electron chi connectivity index (χ3n) is 3.55. The molecule has 1 saturated heterocycles. The average molecular weight is 286 g/mol. The quantitative estimate of drug-likeness (QED) is 0.923. The van der Waals surface area contributed by atoms with Crippen LogP contribution in [0.15, 0.2) is 18.2 Å². The second-order valence-electron chi connectivity index (χ2n) is 5.06. The van der Waals surface area contributed by atoms with Crippen molar-refractivity contribution in [1.29, 1.82) is 0 Å². The summed E-state index contributed by atoms with van der Waals surface area (Å²) in [5, 5.41) is 0. The molecule has 0 saturated carbocycles. The maximum atomic E-state index is 13.1. The SMILES string of the molecule is CC1CSCCN1CCC(N)c1cc(F)cc(F)c1. The Labute approximate surface area is 117 Å². The fourth-order valence-electron chi connectivity index (χ4n) is 2.35. The molecule has 1 fully saturated rings. The third-order valence-corrected chi connectivity index (χ3v) is 4.73. The van der Waals surface area contributed by atoms with Crippen molar-refractivity contribution in [3.05, 3.63) is 35.4 Å². The van der Waals surface area contributed by atoms with Crippen molar-refractivity contribution in [2.24, 2.45) is 5.73 Å². The molecule has 1 aliphatic heterocycles. The number of nitrogens with two attached hydrogens (primary N) is 1. The van der Waals surface area contributed by atoms with E-state index in [-0.39, 0.29) is 6.04 Å². The molecule has 0 aliphatic carbocycles. The van der Waals surface area contributed by atoms with Gasteiger partial charge in [0.2, 0.25) is 0 Å². The predicted octanol–water partition coefficient (Wildman–Crippen LogP) is 2.79. The monoisotopic (exact) mass is 286 g/mol. The minimum Gasteiger partial charge on any atom is -0.324 e. The van der Waals surface area contributed by atoms with E-state index < -0.39 is 11.6 Å². The molecule has 1 aromatic carbocycles. The van der Waals surface area contributed by atoms with E-state index >= 15 is 0 Å². The van der Waals surface area contributed by atoms with E-state index in [2.05, 4.69) is 11.8 Å². The summed E-state index contributed by atoms with van der Waals surface area (Å²) in [5.41, 5.74) is 6.57. The molecule has 2 nitrogen and oxygen atoms in total. The number of nitrogens with zero attached hydrogens (tertiary/aromatic N) is 1. The summed E-state index contributed by atoms with van der Waals surface area (Å²) in [5.74, 6) is 1.17. The predicted molar refractivity (Wildman–Crippen MR) is 76.3 cm³/mol. The smallest absolute Gasteiger partial charge is 0.126 e. The molecule has 2 atom stereocenters. The maximum absolute atomic E-state index is 13.1. The summed E-state index contributed by atoms with van der Waals surface area (Å²) in [6.07, 6.45) is 0.720. The van der Waals surface area contributed by atoms with Gasteiger partial charge in [-0.3, -0.25) is 4.90 Å². The van der Waals surface area contributed by atoms with Crippen LogP contribution in [0.25, 0.3) is 0 Å². The van der Waals surface area contributed by atoms with Crippen LogP contribution in [0.4, 0.5) is 8.78 Å². The van der Waals surface area contributed by atoms with Crippen LogP contribution in [0.3, 0.4) is 0 Å². The summed E-state index contributed by atoms with van der Waals surface area (Å²) < 4.78 is 26.3. The third kappa shape index (κ3) is 4.16. The topological polar surface area (TPSA) is 29.3 Å². The first-order chi connectivity index (χ1) is 9.06. The number of hydrogen-bond acceptors (Lipinski definition) is 3. The van der Waals surface area contributed by atoms with Crippen LogP contribution in [0.1, 0.15) is 24.9 Å². The number of rotatable bonds is 4. The zero-order valence-corrected chi connectivity index (χ0v) is 11.9. The fraction of sp³-hybridized carbons (Fsp3) is 0.571. The van der Waals surface area contributed by atoms with E-state index in [1.807, 2.05) is 11.8 Å². The number of benzene rings is 1. The van der Waals surface area contributed by atoms with E-state index in [4.69, 9.17) is 5.73 Å². The van der Waals surface area contributed by atoms with Gasteiger partial charge < -0.3 is 5.73 Å². The van der Waals surface area contributed by atoms with E-state index in [1.54, 1.807) is 0 Å². The van der Waals surface area contributed by atoms with Gasteiger partial charge in [0, 0.05) is 42.7 Å². The van der Waals surface area contributed by atoms with E-state index in [9.17, 15) is 8.78 Å². The number of thioether (sulfide) groups is 1. The first-order valence-electron chi connectivity index (χ1n) is 6.59. The Kier molecular flexibility index (Phi) is 5.19. The molecule has 1 aromatic rings. The Morgan fingerprint density at radius 2 is 2.05 bits per heavy atom. The number of halogens is 2. The van der Waals surface area contributed by atoms with Crippen molar-refractivity contribution >= 4 is 11.8 Å². The maximum Gasteiger partial charge on any atom is 0.126 e. The second-order valence-corrected chi connectivity index (χ2v) is 6.21. The minimum absolute atomic E-state index is 0.313. The zero-order chi connectivity index (χ0) is 13.8. The minimum atomic E-state index is -0.562. The van der Waals surface area contributed by atoms with Crippen LogP contribution in [0.2, 0.25) is 0 Å². The lowest BCUT2D eigenvalue weighted by molar-refractivity contribution is 0.224. The Hall–Kier alpha value is -0.650. The number of hydrogen-bond donors (Lipinski definition) is 1. The molecule has 0 spiro atoms. The first kappa shape index (κ1) is 14.8. The lowest BCUT2D eigenvalue weighted by atomic mass is 10.0. The Morgan fingerprint density at radius 3 is 2.68 bits per heavy atom. The molecule has 0 amide bonds. The van der Waals surface area contributed by atoms with Gasteiger partial charge in [-0.15, -0.1) is 0 Å². The molecular weight excluding hydrogens is 266 g/mol. The van der Waals surface area contributed by atoms with Crippen molar-refractivity contribution in [2.45, 2.75) is 25.4 Å². The summed E-state index contributed by atoms with van der Waals surface area (Å²) in [6, 6.07) is 3.76. The summed E-state index contributed by atoms with van der Waals surface area (Å²) in [7, 11) is 0. The van der Waals surface area contributed by atoms with Crippen molar-refractivity contribution in [3.8, 4) is 0 Å². The fourth-order valence-corrected chi connectivity index (χ4v) is 3.44. The van der Waals surface area contributed by atoms with Crippen LogP contribution in [-0.4, -0.2) is 35.5 Å². The van der Waals surface area contributed by atoms with Crippen LogP contribution in [0, 0.1) is 11.6 Å². The molecule has 0 bridgehead atoms. The molecule has 19 heavy (non-hydrogen) atoms. The summed E-state index contributed by atoms with van der Waals surface area (Å²) >= 11 is 1.97. The van der Waals surface area contributed by atoms with Crippen LogP contribution in [0.5, 0.6) is 0 Å². The van der Waals surface area contributed by atoms with E-state index in [1.165, 1.54) is 12.1 Å². The second kappa shape index (κ2) is 6.68. The van der Waals surface area contributed by atoms with Crippen molar-refractivity contribution in [3.63, 3.8) is 0 Å². The molecule has 1 heterocycles. The molecule has 2 N–H and O–H groups in total. The Bertz CT molecular complexity index is 408. The van der Waals surface area contributed by atoms with Crippen molar-refractivity contribution in [2.75, 3.05) is 24.6 Å². The molecule has 0 aromatic heterocycles. The standard InChI is InChI=1S/C14H20F2N2S/c1-10-9-19-5-4-18(10)3-2-14(17)11-6-12(15)8-13(16)7-11/h6-8,10,14H,2-5,9,17H2,1H3. The molecular formula is C14H20F2N2S. The normalized spacial score (nSPS) is 22.4. The summed E-state index contributed by atoms with van der Waals surface area (Å²) in [6.45, 7) is 4.15. The Morgan fingerprint density at radius 1 is 1.37 bits per heavy atom. The van der Waals surface area contributed by atoms with Gasteiger partial charge in [0.25, 0.3) is 0 Å². The molecule has 1 aliphatic rings. The van der Waals surface area contributed by atoms with Crippen molar-refractivity contribution in [1.82, 2.24) is 4.90 Å². The molecule has 2 unspecified atom stereocenters. The van der Waals surface area contributed by atoms with Gasteiger partial charge in [0.15, 0.2) is 0 Å². The van der Waals surface area contributed by atoms with Gasteiger partial charge in [-0.05, 0) is 31.0 Å². The van der Waals surface area contributed by atoms with Crippen LogP contribution >= 0.6 is 11.8 Å². The van der Waals surface area contributed by atoms with Gasteiger partial charge in [-0.25, -0.2) is 8.78 Å². The zero-order valence-electron chi connectivity index (χ0n) is 11.1. The highest BCUT2D eigenvalue weighted by molar-refractivity contribution is 7.99. The highest BCUT2D eigenvalue weighted by Gasteiger charge is 2.19. The van der Waals surface area contributed by atoms with Crippen LogP contribution < -0.4 is 5.73 Å². The largest absolute Gasteiger partial charge is 0.324 e. The van der Waals surface area contributed by atoms with E-state index in [0.717, 1.165) is 37.1 Å². The van der Waals surface area contributed by atoms with E-state index in [0.29, 0.717) is 11.6 Å². The van der Waals surface area contributed by atoms with Gasteiger partial charge >= 0.3 is 0 Å². The van der Waals surface area contributed by atoms with Gasteiger partial charge in [-0.1, -0.05) is 0 Å². The molecule has 106 valence electrons.